The van der Waals surface area contributed by atoms with E-state index in [1.165, 1.54) is 6.42 Å². The summed E-state index contributed by atoms with van der Waals surface area (Å²) in [5.74, 6) is 1.41. The van der Waals surface area contributed by atoms with Crippen LogP contribution in [0.3, 0.4) is 0 Å². The maximum absolute atomic E-state index is 6.66. The molecular weight excluding hydrogens is 274 g/mol. The minimum Gasteiger partial charge on any atom is -0.493 e. The van der Waals surface area contributed by atoms with Crippen molar-refractivity contribution in [2.24, 2.45) is 5.73 Å². The zero-order chi connectivity index (χ0) is 14.8. The van der Waals surface area contributed by atoms with Gasteiger partial charge in [0.2, 0.25) is 0 Å². The van der Waals surface area contributed by atoms with Crippen LogP contribution in [0.4, 0.5) is 0 Å². The summed E-state index contributed by atoms with van der Waals surface area (Å²) in [5, 5.41) is 0.642. The van der Waals surface area contributed by atoms with Gasteiger partial charge < -0.3 is 15.2 Å². The number of hydrogen-bond donors (Lipinski definition) is 1. The van der Waals surface area contributed by atoms with Crippen molar-refractivity contribution >= 4 is 11.6 Å². The lowest BCUT2D eigenvalue weighted by molar-refractivity contribution is 0.214. The average Bonchev–Trinajstić information content (AvgIpc) is 2.40. The van der Waals surface area contributed by atoms with Gasteiger partial charge in [0, 0.05) is 22.2 Å². The molecule has 4 heteroatoms. The van der Waals surface area contributed by atoms with E-state index in [-0.39, 0.29) is 11.6 Å². The van der Waals surface area contributed by atoms with Crippen LogP contribution in [-0.4, -0.2) is 13.2 Å². The lowest BCUT2D eigenvalue weighted by Crippen LogP contribution is -2.39. The Bertz CT molecular complexity index is 468. The largest absolute Gasteiger partial charge is 0.493 e. The van der Waals surface area contributed by atoms with E-state index in [2.05, 4.69) is 0 Å². The number of benzene rings is 1. The molecule has 0 bridgehead atoms. The molecule has 1 aromatic carbocycles. The van der Waals surface area contributed by atoms with Crippen LogP contribution < -0.4 is 15.2 Å². The van der Waals surface area contributed by atoms with Crippen molar-refractivity contribution in [2.45, 2.75) is 57.6 Å². The van der Waals surface area contributed by atoms with Gasteiger partial charge in [-0.3, -0.25) is 0 Å². The van der Waals surface area contributed by atoms with Crippen molar-refractivity contribution in [3.05, 3.63) is 22.7 Å². The number of hydrogen-bond acceptors (Lipinski definition) is 3. The van der Waals surface area contributed by atoms with Gasteiger partial charge >= 0.3 is 0 Å². The third-order valence-electron chi connectivity index (χ3n) is 3.88. The molecule has 0 spiro atoms. The Kier molecular flexibility index (Phi) is 4.82. The highest BCUT2D eigenvalue weighted by molar-refractivity contribution is 6.30. The number of ether oxygens (including phenoxy) is 2. The second-order valence-corrected chi connectivity index (χ2v) is 6.30. The monoisotopic (exact) mass is 297 g/mol. The Morgan fingerprint density at radius 1 is 1.20 bits per heavy atom. The smallest absolute Gasteiger partial charge is 0.166 e. The summed E-state index contributed by atoms with van der Waals surface area (Å²) >= 11 is 6.23. The van der Waals surface area contributed by atoms with Gasteiger partial charge in [-0.25, -0.2) is 0 Å². The van der Waals surface area contributed by atoms with Crippen LogP contribution in [0.25, 0.3) is 0 Å². The van der Waals surface area contributed by atoms with Crippen LogP contribution >= 0.6 is 11.6 Å². The molecule has 0 saturated heterocycles. The summed E-state index contributed by atoms with van der Waals surface area (Å²) in [6.45, 7) is 4.00. The quantitative estimate of drug-likeness (QED) is 0.903. The van der Waals surface area contributed by atoms with E-state index in [9.17, 15) is 0 Å². The molecule has 0 heterocycles. The van der Waals surface area contributed by atoms with Gasteiger partial charge in [0.15, 0.2) is 11.5 Å². The molecule has 1 aliphatic rings. The SMILES string of the molecule is COc1cc(Cl)cc(C2(N)CCCCC2)c1OC(C)C. The molecule has 1 fully saturated rings. The van der Waals surface area contributed by atoms with Crippen LogP contribution in [0.5, 0.6) is 11.5 Å². The molecule has 2 N–H and O–H groups in total. The molecule has 0 atom stereocenters. The molecule has 1 saturated carbocycles. The van der Waals surface area contributed by atoms with Crippen molar-refractivity contribution in [1.82, 2.24) is 0 Å². The first-order chi connectivity index (χ1) is 9.46. The Balaban J connectivity index is 2.51. The van der Waals surface area contributed by atoms with Gasteiger partial charge in [-0.2, -0.15) is 0 Å². The summed E-state index contributed by atoms with van der Waals surface area (Å²) in [6, 6.07) is 3.72. The van der Waals surface area contributed by atoms with Gasteiger partial charge in [0.25, 0.3) is 0 Å². The number of rotatable bonds is 4. The van der Waals surface area contributed by atoms with Crippen LogP contribution in [0.1, 0.15) is 51.5 Å². The van der Waals surface area contributed by atoms with Crippen LogP contribution in [0.2, 0.25) is 5.02 Å². The van der Waals surface area contributed by atoms with Crippen LogP contribution in [-0.2, 0) is 5.54 Å². The maximum atomic E-state index is 6.66. The topological polar surface area (TPSA) is 44.5 Å². The highest BCUT2D eigenvalue weighted by Crippen LogP contribution is 2.45. The summed E-state index contributed by atoms with van der Waals surface area (Å²) in [4.78, 5) is 0. The van der Waals surface area contributed by atoms with E-state index in [4.69, 9.17) is 26.8 Å². The predicted octanol–water partition coefficient (Wildman–Crippen LogP) is 4.25. The number of nitrogens with two attached hydrogens (primary N) is 1. The fourth-order valence-corrected chi connectivity index (χ4v) is 3.11. The average molecular weight is 298 g/mol. The summed E-state index contributed by atoms with van der Waals surface area (Å²) < 4.78 is 11.4. The minimum atomic E-state index is -0.360. The minimum absolute atomic E-state index is 0.0658. The highest BCUT2D eigenvalue weighted by Gasteiger charge is 2.34. The van der Waals surface area contributed by atoms with Gasteiger partial charge in [-0.1, -0.05) is 30.9 Å². The molecule has 20 heavy (non-hydrogen) atoms. The highest BCUT2D eigenvalue weighted by atomic mass is 35.5. The van der Waals surface area contributed by atoms with E-state index in [1.807, 2.05) is 19.9 Å². The normalized spacial score (nSPS) is 18.1. The molecule has 0 radical (unpaired) electrons. The lowest BCUT2D eigenvalue weighted by Gasteiger charge is -2.36. The van der Waals surface area contributed by atoms with Gasteiger partial charge in [-0.05, 0) is 32.8 Å². The van der Waals surface area contributed by atoms with E-state index in [0.717, 1.165) is 37.0 Å². The lowest BCUT2D eigenvalue weighted by atomic mass is 9.77. The van der Waals surface area contributed by atoms with E-state index >= 15 is 0 Å². The molecule has 0 unspecified atom stereocenters. The van der Waals surface area contributed by atoms with Crippen LogP contribution in [0.15, 0.2) is 12.1 Å². The van der Waals surface area contributed by atoms with Gasteiger partial charge in [-0.15, -0.1) is 0 Å². The van der Waals surface area contributed by atoms with E-state index in [0.29, 0.717) is 10.8 Å². The zero-order valence-corrected chi connectivity index (χ0v) is 13.3. The summed E-state index contributed by atoms with van der Waals surface area (Å²) in [7, 11) is 1.63. The molecule has 112 valence electrons. The van der Waals surface area contributed by atoms with Gasteiger partial charge in [0.05, 0.1) is 13.2 Å². The Hall–Kier alpha value is -0.930. The van der Waals surface area contributed by atoms with Crippen molar-refractivity contribution in [2.75, 3.05) is 7.11 Å². The second-order valence-electron chi connectivity index (χ2n) is 5.87. The zero-order valence-electron chi connectivity index (χ0n) is 12.5. The summed E-state index contributed by atoms with van der Waals surface area (Å²) in [5.41, 5.74) is 7.28. The van der Waals surface area contributed by atoms with Crippen molar-refractivity contribution in [3.8, 4) is 11.5 Å². The molecule has 0 aliphatic heterocycles. The third kappa shape index (κ3) is 3.21. The summed E-state index contributed by atoms with van der Waals surface area (Å²) in [6.07, 6.45) is 5.53. The van der Waals surface area contributed by atoms with Crippen molar-refractivity contribution in [3.63, 3.8) is 0 Å². The Morgan fingerprint density at radius 2 is 1.85 bits per heavy atom. The fraction of sp³-hybridized carbons (Fsp3) is 0.625. The fourth-order valence-electron chi connectivity index (χ4n) is 2.90. The first kappa shape index (κ1) is 15.5. The molecular formula is C16H24ClNO2. The predicted molar refractivity (Wildman–Crippen MR) is 82.7 cm³/mol. The molecule has 0 aromatic heterocycles. The second kappa shape index (κ2) is 6.23. The van der Waals surface area contributed by atoms with Crippen molar-refractivity contribution in [1.29, 1.82) is 0 Å². The third-order valence-corrected chi connectivity index (χ3v) is 4.09. The number of halogens is 1. The number of methoxy groups -OCH3 is 1. The molecule has 3 nitrogen and oxygen atoms in total. The maximum Gasteiger partial charge on any atom is 0.166 e. The first-order valence-corrected chi connectivity index (χ1v) is 7.67. The Labute approximate surface area is 126 Å². The van der Waals surface area contributed by atoms with E-state index < -0.39 is 0 Å². The Morgan fingerprint density at radius 3 is 2.40 bits per heavy atom. The van der Waals surface area contributed by atoms with Crippen molar-refractivity contribution < 1.29 is 9.47 Å². The molecule has 2 rings (SSSR count). The molecule has 1 aromatic rings. The molecule has 1 aliphatic carbocycles. The van der Waals surface area contributed by atoms with Gasteiger partial charge in [0.1, 0.15) is 0 Å². The van der Waals surface area contributed by atoms with Crippen LogP contribution in [0, 0.1) is 0 Å². The standard InChI is InChI=1S/C16H24ClNO2/c1-11(2)20-15-13(9-12(17)10-14(15)19-3)16(18)7-5-4-6-8-16/h9-11H,4-8,18H2,1-3H3. The first-order valence-electron chi connectivity index (χ1n) is 7.30. The molecule has 0 amide bonds. The van der Waals surface area contributed by atoms with E-state index in [1.54, 1.807) is 13.2 Å².